The van der Waals surface area contributed by atoms with E-state index in [2.05, 4.69) is 11.9 Å². The third kappa shape index (κ3) is 5.12. The van der Waals surface area contributed by atoms with Crippen LogP contribution in [0.5, 0.6) is 5.75 Å². The standard InChI is InChI=1S/C23H22ClFN2O2/c1-3-17-10-12-18(13-11-17)29-16(2)23(28)27(22-9-4-5-14-26-22)15-19-20(24)7-6-8-21(19)25/h4-14,16H,3,15H2,1-2H3. The van der Waals surface area contributed by atoms with Crippen molar-refractivity contribution in [3.8, 4) is 5.75 Å². The number of benzene rings is 2. The van der Waals surface area contributed by atoms with Gasteiger partial charge in [0.15, 0.2) is 6.10 Å². The molecule has 0 saturated carbocycles. The molecule has 0 N–H and O–H groups in total. The number of hydrogen-bond acceptors (Lipinski definition) is 3. The van der Waals surface area contributed by atoms with Gasteiger partial charge in [0.05, 0.1) is 6.54 Å². The van der Waals surface area contributed by atoms with Crippen LogP contribution < -0.4 is 9.64 Å². The quantitative estimate of drug-likeness (QED) is 0.519. The molecule has 0 aliphatic rings. The van der Waals surface area contributed by atoms with Crippen molar-refractivity contribution < 1.29 is 13.9 Å². The fourth-order valence-corrected chi connectivity index (χ4v) is 3.13. The third-order valence-corrected chi connectivity index (χ3v) is 4.92. The van der Waals surface area contributed by atoms with Crippen LogP contribution >= 0.6 is 11.6 Å². The Morgan fingerprint density at radius 2 is 1.90 bits per heavy atom. The molecule has 3 rings (SSSR count). The highest BCUT2D eigenvalue weighted by Gasteiger charge is 2.26. The van der Waals surface area contributed by atoms with Gasteiger partial charge in [0.1, 0.15) is 17.4 Å². The fraction of sp³-hybridized carbons (Fsp3) is 0.217. The summed E-state index contributed by atoms with van der Waals surface area (Å²) in [5.41, 5.74) is 1.41. The summed E-state index contributed by atoms with van der Waals surface area (Å²) < 4.78 is 20.2. The topological polar surface area (TPSA) is 42.4 Å². The molecule has 29 heavy (non-hydrogen) atoms. The van der Waals surface area contributed by atoms with Gasteiger partial charge in [-0.25, -0.2) is 9.37 Å². The molecule has 0 radical (unpaired) electrons. The molecule has 1 atom stereocenters. The lowest BCUT2D eigenvalue weighted by atomic mass is 10.1. The Morgan fingerprint density at radius 3 is 2.52 bits per heavy atom. The van der Waals surface area contributed by atoms with Crippen LogP contribution in [-0.2, 0) is 17.8 Å². The first-order valence-corrected chi connectivity index (χ1v) is 9.78. The molecule has 3 aromatic rings. The van der Waals surface area contributed by atoms with E-state index in [9.17, 15) is 9.18 Å². The van der Waals surface area contributed by atoms with Gasteiger partial charge in [-0.1, -0.05) is 42.8 Å². The monoisotopic (exact) mass is 412 g/mol. The summed E-state index contributed by atoms with van der Waals surface area (Å²) in [6.45, 7) is 3.68. The van der Waals surface area contributed by atoms with E-state index in [0.29, 0.717) is 11.6 Å². The number of aromatic nitrogens is 1. The number of rotatable bonds is 7. The van der Waals surface area contributed by atoms with Crippen LogP contribution in [0.15, 0.2) is 66.9 Å². The van der Waals surface area contributed by atoms with Crippen LogP contribution in [0.3, 0.4) is 0 Å². The number of carbonyl (C=O) groups excluding carboxylic acids is 1. The van der Waals surface area contributed by atoms with Crippen molar-refractivity contribution in [2.75, 3.05) is 4.90 Å². The van der Waals surface area contributed by atoms with E-state index >= 15 is 0 Å². The van der Waals surface area contributed by atoms with Crippen molar-refractivity contribution in [2.24, 2.45) is 0 Å². The van der Waals surface area contributed by atoms with Crippen molar-refractivity contribution in [1.82, 2.24) is 4.98 Å². The molecule has 1 unspecified atom stereocenters. The molecule has 0 spiro atoms. The minimum atomic E-state index is -0.796. The smallest absolute Gasteiger partial charge is 0.269 e. The highest BCUT2D eigenvalue weighted by atomic mass is 35.5. The number of nitrogens with zero attached hydrogens (tertiary/aromatic N) is 2. The zero-order valence-electron chi connectivity index (χ0n) is 16.3. The van der Waals surface area contributed by atoms with Gasteiger partial charge >= 0.3 is 0 Å². The molecule has 2 aromatic carbocycles. The predicted molar refractivity (Wildman–Crippen MR) is 113 cm³/mol. The molecule has 4 nitrogen and oxygen atoms in total. The molecular formula is C23H22ClFN2O2. The first kappa shape index (κ1) is 20.8. The third-order valence-electron chi connectivity index (χ3n) is 4.56. The Hall–Kier alpha value is -2.92. The number of ether oxygens (including phenoxy) is 1. The summed E-state index contributed by atoms with van der Waals surface area (Å²) in [7, 11) is 0. The number of pyridine rings is 1. The Kier molecular flexibility index (Phi) is 6.83. The molecular weight excluding hydrogens is 391 g/mol. The summed E-state index contributed by atoms with van der Waals surface area (Å²) in [6, 6.07) is 17.2. The van der Waals surface area contributed by atoms with Crippen molar-refractivity contribution in [3.63, 3.8) is 0 Å². The largest absolute Gasteiger partial charge is 0.481 e. The number of aryl methyl sites for hydroxylation is 1. The Bertz CT molecular complexity index is 944. The van der Waals surface area contributed by atoms with E-state index < -0.39 is 11.9 Å². The highest BCUT2D eigenvalue weighted by molar-refractivity contribution is 6.31. The zero-order valence-corrected chi connectivity index (χ0v) is 17.1. The highest BCUT2D eigenvalue weighted by Crippen LogP contribution is 2.24. The molecule has 0 saturated heterocycles. The van der Waals surface area contributed by atoms with Crippen LogP contribution in [0.1, 0.15) is 25.0 Å². The summed E-state index contributed by atoms with van der Waals surface area (Å²) >= 11 is 6.17. The number of anilines is 1. The van der Waals surface area contributed by atoms with Crippen LogP contribution in [-0.4, -0.2) is 17.0 Å². The summed E-state index contributed by atoms with van der Waals surface area (Å²) in [5.74, 6) is 0.166. The van der Waals surface area contributed by atoms with Crippen LogP contribution in [0.2, 0.25) is 5.02 Å². The van der Waals surface area contributed by atoms with E-state index in [1.807, 2.05) is 24.3 Å². The summed E-state index contributed by atoms with van der Waals surface area (Å²) in [6.07, 6.45) is 1.70. The normalized spacial score (nSPS) is 11.7. The number of amides is 1. The van der Waals surface area contributed by atoms with E-state index in [1.165, 1.54) is 22.6 Å². The molecule has 1 heterocycles. The SMILES string of the molecule is CCc1ccc(OC(C)C(=O)N(Cc2c(F)cccc2Cl)c2ccccn2)cc1. The first-order valence-electron chi connectivity index (χ1n) is 9.40. The minimum absolute atomic E-state index is 0.0518. The van der Waals surface area contributed by atoms with E-state index in [-0.39, 0.29) is 23.0 Å². The zero-order chi connectivity index (χ0) is 20.8. The molecule has 150 valence electrons. The lowest BCUT2D eigenvalue weighted by Gasteiger charge is -2.26. The van der Waals surface area contributed by atoms with Gasteiger partial charge < -0.3 is 4.74 Å². The van der Waals surface area contributed by atoms with Gasteiger partial charge in [0.2, 0.25) is 0 Å². The molecule has 6 heteroatoms. The fourth-order valence-electron chi connectivity index (χ4n) is 2.90. The summed E-state index contributed by atoms with van der Waals surface area (Å²) in [4.78, 5) is 18.8. The Morgan fingerprint density at radius 1 is 1.14 bits per heavy atom. The lowest BCUT2D eigenvalue weighted by Crippen LogP contribution is -2.41. The lowest BCUT2D eigenvalue weighted by molar-refractivity contribution is -0.124. The maximum atomic E-state index is 14.3. The molecule has 0 bridgehead atoms. The predicted octanol–water partition coefficient (Wildman–Crippen LogP) is 5.44. The van der Waals surface area contributed by atoms with Crippen molar-refractivity contribution >= 4 is 23.3 Å². The van der Waals surface area contributed by atoms with Crippen molar-refractivity contribution in [3.05, 3.63) is 88.8 Å². The van der Waals surface area contributed by atoms with Gasteiger partial charge in [0.25, 0.3) is 5.91 Å². The Balaban J connectivity index is 1.85. The minimum Gasteiger partial charge on any atom is -0.481 e. The second-order valence-electron chi connectivity index (χ2n) is 6.57. The van der Waals surface area contributed by atoms with Gasteiger partial charge in [0, 0.05) is 16.8 Å². The average Bonchev–Trinajstić information content (AvgIpc) is 2.74. The summed E-state index contributed by atoms with van der Waals surface area (Å²) in [5, 5.41) is 0.252. The Labute approximate surface area is 174 Å². The van der Waals surface area contributed by atoms with E-state index in [0.717, 1.165) is 6.42 Å². The van der Waals surface area contributed by atoms with Crippen LogP contribution in [0.4, 0.5) is 10.2 Å². The van der Waals surface area contributed by atoms with Crippen LogP contribution in [0, 0.1) is 5.82 Å². The van der Waals surface area contributed by atoms with Crippen molar-refractivity contribution in [1.29, 1.82) is 0 Å². The molecule has 1 amide bonds. The maximum absolute atomic E-state index is 14.3. The average molecular weight is 413 g/mol. The second-order valence-corrected chi connectivity index (χ2v) is 6.98. The van der Waals surface area contributed by atoms with Gasteiger partial charge in [-0.05, 0) is 55.3 Å². The van der Waals surface area contributed by atoms with Crippen molar-refractivity contribution in [2.45, 2.75) is 32.9 Å². The van der Waals surface area contributed by atoms with Gasteiger partial charge in [-0.2, -0.15) is 0 Å². The molecule has 0 aliphatic carbocycles. The second kappa shape index (κ2) is 9.52. The molecule has 1 aromatic heterocycles. The van der Waals surface area contributed by atoms with E-state index in [1.54, 1.807) is 37.4 Å². The number of hydrogen-bond donors (Lipinski definition) is 0. The number of halogens is 2. The van der Waals surface area contributed by atoms with E-state index in [4.69, 9.17) is 16.3 Å². The van der Waals surface area contributed by atoms with Gasteiger partial charge in [-0.15, -0.1) is 0 Å². The first-order chi connectivity index (χ1) is 14.0. The number of carbonyl (C=O) groups is 1. The molecule has 0 fully saturated rings. The van der Waals surface area contributed by atoms with Gasteiger partial charge in [-0.3, -0.25) is 9.69 Å². The maximum Gasteiger partial charge on any atom is 0.269 e. The van der Waals surface area contributed by atoms with Crippen LogP contribution in [0.25, 0.3) is 0 Å². The molecule has 0 aliphatic heterocycles.